The van der Waals surface area contributed by atoms with Gasteiger partial charge in [-0.15, -0.1) is 0 Å². The van der Waals surface area contributed by atoms with Crippen molar-refractivity contribution in [2.24, 2.45) is 0 Å². The molecule has 0 aliphatic carbocycles. The van der Waals surface area contributed by atoms with Crippen molar-refractivity contribution in [3.8, 4) is 39.6 Å². The molecule has 0 unspecified atom stereocenters. The molecule has 0 saturated carbocycles. The molecule has 0 radical (unpaired) electrons. The van der Waals surface area contributed by atoms with Gasteiger partial charge in [0, 0.05) is 55.5 Å². The highest BCUT2D eigenvalue weighted by molar-refractivity contribution is 6.36. The summed E-state index contributed by atoms with van der Waals surface area (Å²) in [5, 5.41) is 16.1. The average molecular weight is 794 g/mol. The second-order valence-corrected chi connectivity index (χ2v) is 15.4. The lowest BCUT2D eigenvalue weighted by Crippen LogP contribution is -2.20. The Morgan fingerprint density at radius 3 is 1.61 bits per heavy atom. The molecule has 292 valence electrons. The van der Waals surface area contributed by atoms with Crippen LogP contribution < -0.4 is 5.32 Å². The Labute approximate surface area is 360 Å². The maximum absolute atomic E-state index is 9.85. The average Bonchev–Trinajstić information content (AvgIpc) is 3.69. The molecular formula is C57H39N5. The zero-order valence-corrected chi connectivity index (χ0v) is 33.7. The number of aromatic nitrogens is 3. The van der Waals surface area contributed by atoms with Crippen LogP contribution in [0.15, 0.2) is 218 Å². The van der Waals surface area contributed by atoms with Gasteiger partial charge in [0.05, 0.1) is 33.8 Å². The number of para-hydroxylation sites is 2. The molecule has 3 heterocycles. The molecule has 62 heavy (non-hydrogen) atoms. The number of hydrogen-bond acceptors (Lipinski definition) is 4. The van der Waals surface area contributed by atoms with Crippen molar-refractivity contribution in [3.05, 3.63) is 246 Å². The molecule has 0 atom stereocenters. The zero-order valence-electron chi connectivity index (χ0n) is 33.7. The van der Waals surface area contributed by atoms with Crippen molar-refractivity contribution < 1.29 is 0 Å². The highest BCUT2D eigenvalue weighted by atomic mass is 15.0. The van der Waals surface area contributed by atoms with Crippen LogP contribution in [0.1, 0.15) is 27.8 Å². The van der Waals surface area contributed by atoms with E-state index in [0.29, 0.717) is 11.5 Å². The summed E-state index contributed by atoms with van der Waals surface area (Å²) >= 11 is 0. The number of benzene rings is 8. The fourth-order valence-corrected chi connectivity index (χ4v) is 8.63. The predicted octanol–water partition coefficient (Wildman–Crippen LogP) is 13.6. The summed E-state index contributed by atoms with van der Waals surface area (Å²) in [6, 6.07) is 75.2. The zero-order chi connectivity index (χ0) is 41.4. The fourth-order valence-electron chi connectivity index (χ4n) is 8.63. The monoisotopic (exact) mass is 793 g/mol. The molecule has 10 aromatic rings. The first-order valence-corrected chi connectivity index (χ1v) is 20.8. The van der Waals surface area contributed by atoms with Crippen LogP contribution in [0.25, 0.3) is 84.4 Å². The van der Waals surface area contributed by atoms with Crippen molar-refractivity contribution in [3.63, 3.8) is 0 Å². The number of allylic oxidation sites excluding steroid dienone is 1. The molecule has 0 fully saturated rings. The van der Waals surface area contributed by atoms with E-state index >= 15 is 0 Å². The minimum absolute atomic E-state index is 0.414. The Balaban J connectivity index is 0.979. The van der Waals surface area contributed by atoms with Crippen LogP contribution in [0.5, 0.6) is 0 Å². The van der Waals surface area contributed by atoms with E-state index in [4.69, 9.17) is 9.97 Å². The van der Waals surface area contributed by atoms with Gasteiger partial charge in [-0.1, -0.05) is 188 Å². The Hall–Kier alpha value is -8.41. The van der Waals surface area contributed by atoms with E-state index in [2.05, 4.69) is 168 Å². The standard InChI is InChI=1S/C57H39N5/c58-55(54(41-20-8-3-9-21-41)56-46-23-11-10-22-44(46)36-49(59-56)38-16-4-1-5-17-38)42-28-30-43(31-29-42)57-60-50(39-18-6-2-7-19-39)37-51(61-57)40-32-34-45(35-33-40)62-52-26-14-12-24-47(52)48-25-13-15-27-53(48)62/h1-37,58-59H/b56-54-,58-55?. The van der Waals surface area contributed by atoms with Gasteiger partial charge in [-0.05, 0) is 53.1 Å². The largest absolute Gasteiger partial charge is 0.354 e. The van der Waals surface area contributed by atoms with E-state index in [1.165, 1.54) is 21.8 Å². The van der Waals surface area contributed by atoms with Gasteiger partial charge in [-0.2, -0.15) is 0 Å². The van der Waals surface area contributed by atoms with Crippen LogP contribution in [0, 0.1) is 5.41 Å². The quantitative estimate of drug-likeness (QED) is 0.151. The smallest absolute Gasteiger partial charge is 0.160 e. The first-order chi connectivity index (χ1) is 30.7. The predicted molar refractivity (Wildman–Crippen MR) is 257 cm³/mol. The third-order valence-electron chi connectivity index (χ3n) is 11.7. The minimum atomic E-state index is 0.414. The number of nitrogens with one attached hydrogen (secondary N) is 2. The number of hydrogen-bond donors (Lipinski definition) is 2. The van der Waals surface area contributed by atoms with Crippen LogP contribution in [0.3, 0.4) is 0 Å². The van der Waals surface area contributed by atoms with Gasteiger partial charge < -0.3 is 9.88 Å². The summed E-state index contributed by atoms with van der Waals surface area (Å²) in [6.45, 7) is 0. The Bertz CT molecular complexity index is 3290. The lowest BCUT2D eigenvalue weighted by atomic mass is 9.88. The Morgan fingerprint density at radius 1 is 0.452 bits per heavy atom. The molecule has 0 spiro atoms. The van der Waals surface area contributed by atoms with E-state index in [-0.39, 0.29) is 0 Å². The minimum Gasteiger partial charge on any atom is -0.354 e. The highest BCUT2D eigenvalue weighted by Gasteiger charge is 2.24. The molecule has 1 aliphatic rings. The van der Waals surface area contributed by atoms with E-state index < -0.39 is 0 Å². The second-order valence-electron chi connectivity index (χ2n) is 15.4. The maximum atomic E-state index is 9.85. The molecule has 11 rings (SSSR count). The second kappa shape index (κ2) is 15.6. The van der Waals surface area contributed by atoms with E-state index in [1.54, 1.807) is 0 Å². The topological polar surface area (TPSA) is 66.6 Å². The Morgan fingerprint density at radius 2 is 0.968 bits per heavy atom. The molecule has 5 nitrogen and oxygen atoms in total. The van der Waals surface area contributed by atoms with Gasteiger partial charge in [-0.3, -0.25) is 5.41 Å². The van der Waals surface area contributed by atoms with Crippen LogP contribution in [-0.4, -0.2) is 20.2 Å². The molecule has 0 amide bonds. The van der Waals surface area contributed by atoms with Gasteiger partial charge in [-0.25, -0.2) is 9.97 Å². The number of rotatable bonds is 8. The normalized spacial score (nSPS) is 13.0. The van der Waals surface area contributed by atoms with Gasteiger partial charge in [0.25, 0.3) is 0 Å². The lowest BCUT2D eigenvalue weighted by Gasteiger charge is -2.26. The molecule has 2 N–H and O–H groups in total. The third kappa shape index (κ3) is 6.68. The summed E-state index contributed by atoms with van der Waals surface area (Å²) in [5.74, 6) is 0.619. The van der Waals surface area contributed by atoms with Gasteiger partial charge in [0.15, 0.2) is 5.82 Å². The summed E-state index contributed by atoms with van der Waals surface area (Å²) in [6.07, 6.45) is 2.19. The van der Waals surface area contributed by atoms with Gasteiger partial charge in [0.1, 0.15) is 0 Å². The van der Waals surface area contributed by atoms with Crippen molar-refractivity contribution in [2.45, 2.75) is 0 Å². The molecule has 8 aromatic carbocycles. The van der Waals surface area contributed by atoms with Crippen molar-refractivity contribution in [1.82, 2.24) is 19.9 Å². The SMILES string of the molecule is N=C(/C(=C1\NC(c2ccccc2)=Cc2ccccc21)c1ccccc1)c1ccc(-c2nc(-c3ccccc3)cc(-c3ccc(-n4c5ccccc5c5ccccc54)cc3)n2)cc1. The van der Waals surface area contributed by atoms with Crippen LogP contribution in [0.2, 0.25) is 0 Å². The Kier molecular flexibility index (Phi) is 9.25. The van der Waals surface area contributed by atoms with Crippen LogP contribution >= 0.6 is 0 Å². The lowest BCUT2D eigenvalue weighted by molar-refractivity contribution is 1.17. The van der Waals surface area contributed by atoms with Crippen LogP contribution in [-0.2, 0) is 0 Å². The number of nitrogens with zero attached hydrogens (tertiary/aromatic N) is 3. The highest BCUT2D eigenvalue weighted by Crippen LogP contribution is 2.37. The van der Waals surface area contributed by atoms with E-state index in [9.17, 15) is 5.41 Å². The molecule has 0 bridgehead atoms. The van der Waals surface area contributed by atoms with Crippen molar-refractivity contribution in [2.75, 3.05) is 0 Å². The first-order valence-electron chi connectivity index (χ1n) is 20.8. The molecule has 0 saturated heterocycles. The summed E-state index contributed by atoms with van der Waals surface area (Å²) in [7, 11) is 0. The summed E-state index contributed by atoms with van der Waals surface area (Å²) in [5.41, 5.74) is 16.1. The number of fused-ring (bicyclic) bond motifs is 4. The van der Waals surface area contributed by atoms with Gasteiger partial charge >= 0.3 is 0 Å². The molecule has 5 heteroatoms. The molecular weight excluding hydrogens is 755 g/mol. The molecule has 2 aromatic heterocycles. The van der Waals surface area contributed by atoms with Crippen LogP contribution in [0.4, 0.5) is 0 Å². The summed E-state index contributed by atoms with van der Waals surface area (Å²) < 4.78 is 2.33. The molecule has 1 aliphatic heterocycles. The van der Waals surface area contributed by atoms with Gasteiger partial charge in [0.2, 0.25) is 0 Å². The van der Waals surface area contributed by atoms with Crippen molar-refractivity contribution >= 4 is 50.6 Å². The maximum Gasteiger partial charge on any atom is 0.160 e. The van der Waals surface area contributed by atoms with E-state index in [1.807, 2.05) is 66.7 Å². The first kappa shape index (κ1) is 36.7. The fraction of sp³-hybridized carbons (Fsp3) is 0. The third-order valence-corrected chi connectivity index (χ3v) is 11.7. The van der Waals surface area contributed by atoms with E-state index in [0.717, 1.165) is 78.6 Å². The van der Waals surface area contributed by atoms with Crippen molar-refractivity contribution in [1.29, 1.82) is 5.41 Å². The summed E-state index contributed by atoms with van der Waals surface area (Å²) in [4.78, 5) is 10.3.